The summed E-state index contributed by atoms with van der Waals surface area (Å²) in [5, 5.41) is 5.51. The number of hydrogen-bond acceptors (Lipinski definition) is 3. The van der Waals surface area contributed by atoms with Gasteiger partial charge in [-0.1, -0.05) is 12.1 Å². The Bertz CT molecular complexity index is 1000. The highest BCUT2D eigenvalue weighted by atomic mass is 35.5. The van der Waals surface area contributed by atoms with Crippen LogP contribution in [0.3, 0.4) is 0 Å². The van der Waals surface area contributed by atoms with Crippen molar-refractivity contribution in [2.45, 2.75) is 19.9 Å². The highest BCUT2D eigenvalue weighted by molar-refractivity contribution is 6.29. The summed E-state index contributed by atoms with van der Waals surface area (Å²) >= 11 is 6.08. The second-order valence-corrected chi connectivity index (χ2v) is 6.20. The monoisotopic (exact) mass is 388 g/mol. The Hall–Kier alpha value is -2.93. The zero-order chi connectivity index (χ0) is 19.4. The number of para-hydroxylation sites is 1. The van der Waals surface area contributed by atoms with Crippen molar-refractivity contribution in [3.05, 3.63) is 59.1 Å². The summed E-state index contributed by atoms with van der Waals surface area (Å²) in [6.45, 7) is 2.76. The summed E-state index contributed by atoms with van der Waals surface area (Å²) in [5.74, 6) is -1.21. The normalized spacial score (nSPS) is 10.8. The molecule has 0 bridgehead atoms. The second-order valence-electron chi connectivity index (χ2n) is 5.86. The summed E-state index contributed by atoms with van der Waals surface area (Å²) in [4.78, 5) is 28.4. The minimum Gasteiger partial charge on any atom is -0.352 e. The number of amides is 2. The molecule has 2 N–H and O–H groups in total. The molecule has 3 aromatic rings. The Kier molecular flexibility index (Phi) is 5.71. The number of fused-ring (bicyclic) bond motifs is 1. The van der Waals surface area contributed by atoms with E-state index < -0.39 is 5.82 Å². The van der Waals surface area contributed by atoms with Gasteiger partial charge in [0, 0.05) is 25.1 Å². The van der Waals surface area contributed by atoms with Crippen molar-refractivity contribution in [1.29, 1.82) is 0 Å². The zero-order valence-electron chi connectivity index (χ0n) is 14.6. The van der Waals surface area contributed by atoms with Gasteiger partial charge >= 0.3 is 0 Å². The van der Waals surface area contributed by atoms with E-state index in [1.54, 1.807) is 30.3 Å². The van der Waals surface area contributed by atoms with E-state index in [-0.39, 0.29) is 30.5 Å². The van der Waals surface area contributed by atoms with Gasteiger partial charge in [-0.25, -0.2) is 9.37 Å². The molecular formula is C19H18ClFN4O2. The van der Waals surface area contributed by atoms with Crippen LogP contribution in [0.1, 0.15) is 23.7 Å². The van der Waals surface area contributed by atoms with Crippen LogP contribution in [0.2, 0.25) is 5.28 Å². The summed E-state index contributed by atoms with van der Waals surface area (Å²) in [6, 6.07) is 11.0. The number of nitrogens with one attached hydrogen (secondary N) is 2. The second kappa shape index (κ2) is 8.18. The third-order valence-electron chi connectivity index (χ3n) is 4.07. The first-order valence-corrected chi connectivity index (χ1v) is 8.85. The van der Waals surface area contributed by atoms with Gasteiger partial charge in [-0.05, 0) is 48.9 Å². The predicted molar refractivity (Wildman–Crippen MR) is 102 cm³/mol. The van der Waals surface area contributed by atoms with Crippen LogP contribution >= 0.6 is 11.6 Å². The van der Waals surface area contributed by atoms with E-state index >= 15 is 0 Å². The molecule has 0 spiro atoms. The van der Waals surface area contributed by atoms with Crippen LogP contribution in [-0.2, 0) is 11.3 Å². The average molecular weight is 389 g/mol. The van der Waals surface area contributed by atoms with Crippen molar-refractivity contribution in [1.82, 2.24) is 14.9 Å². The topological polar surface area (TPSA) is 76.0 Å². The number of carbonyl (C=O) groups is 2. The zero-order valence-corrected chi connectivity index (χ0v) is 15.4. The molecule has 1 aromatic heterocycles. The van der Waals surface area contributed by atoms with Gasteiger partial charge in [0.1, 0.15) is 5.82 Å². The summed E-state index contributed by atoms with van der Waals surface area (Å²) < 4.78 is 15.3. The molecule has 0 aliphatic carbocycles. The number of hydrogen-bond donors (Lipinski definition) is 2. The number of carbonyl (C=O) groups excluding carboxylic acids is 2. The van der Waals surface area contributed by atoms with Gasteiger partial charge in [0.15, 0.2) is 0 Å². The predicted octanol–water partition coefficient (Wildman–Crippen LogP) is 3.61. The molecule has 6 nitrogen and oxygen atoms in total. The van der Waals surface area contributed by atoms with Crippen LogP contribution in [0.25, 0.3) is 11.0 Å². The number of halogens is 2. The van der Waals surface area contributed by atoms with E-state index in [2.05, 4.69) is 15.6 Å². The van der Waals surface area contributed by atoms with Gasteiger partial charge in [-0.3, -0.25) is 9.59 Å². The fourth-order valence-corrected chi connectivity index (χ4v) is 3.01. The summed E-state index contributed by atoms with van der Waals surface area (Å²) in [6.07, 6.45) is 0.0264. The minimum atomic E-state index is -0.506. The molecule has 140 valence electrons. The molecule has 0 unspecified atom stereocenters. The molecule has 8 heteroatoms. The van der Waals surface area contributed by atoms with Gasteiger partial charge in [-0.2, -0.15) is 0 Å². The molecule has 0 saturated heterocycles. The Morgan fingerprint density at radius 1 is 1.22 bits per heavy atom. The van der Waals surface area contributed by atoms with Crippen molar-refractivity contribution in [3.8, 4) is 0 Å². The third kappa shape index (κ3) is 4.25. The molecule has 3 rings (SSSR count). The lowest BCUT2D eigenvalue weighted by Crippen LogP contribution is -2.27. The Morgan fingerprint density at radius 3 is 2.74 bits per heavy atom. The van der Waals surface area contributed by atoms with Crippen molar-refractivity contribution < 1.29 is 14.0 Å². The summed E-state index contributed by atoms with van der Waals surface area (Å²) in [5.41, 5.74) is 2.02. The van der Waals surface area contributed by atoms with Crippen molar-refractivity contribution in [3.63, 3.8) is 0 Å². The number of imidazole rings is 1. The van der Waals surface area contributed by atoms with Crippen molar-refractivity contribution in [2.24, 2.45) is 0 Å². The quantitative estimate of drug-likeness (QED) is 0.677. The number of benzene rings is 2. The van der Waals surface area contributed by atoms with Crippen LogP contribution in [0.15, 0.2) is 42.5 Å². The fraction of sp³-hybridized carbons (Fsp3) is 0.211. The molecule has 0 fully saturated rings. The van der Waals surface area contributed by atoms with Crippen LogP contribution in [0.4, 0.5) is 10.1 Å². The van der Waals surface area contributed by atoms with Crippen LogP contribution in [-0.4, -0.2) is 27.9 Å². The lowest BCUT2D eigenvalue weighted by molar-refractivity contribution is -0.116. The van der Waals surface area contributed by atoms with Crippen molar-refractivity contribution >= 4 is 40.1 Å². The van der Waals surface area contributed by atoms with E-state index in [1.165, 1.54) is 12.1 Å². The van der Waals surface area contributed by atoms with Crippen LogP contribution in [0.5, 0.6) is 0 Å². The van der Waals surface area contributed by atoms with Gasteiger partial charge in [0.2, 0.25) is 11.2 Å². The highest BCUT2D eigenvalue weighted by Gasteiger charge is 2.12. The van der Waals surface area contributed by atoms with E-state index in [0.717, 1.165) is 5.52 Å². The third-order valence-corrected chi connectivity index (χ3v) is 4.35. The molecule has 2 aromatic carbocycles. The number of anilines is 1. The average Bonchev–Trinajstić information content (AvgIpc) is 2.97. The standard InChI is InChI=1S/C19H18ClFN4O2/c1-2-25-16-8-7-12(11-15(16)24-19(25)20)18(27)22-10-9-17(26)23-14-6-4-3-5-13(14)21/h3-8,11H,2,9-10H2,1H3,(H,22,27)(H,23,26). The molecule has 0 aliphatic heterocycles. The maximum Gasteiger partial charge on any atom is 0.251 e. The van der Waals surface area contributed by atoms with Crippen LogP contribution < -0.4 is 10.6 Å². The highest BCUT2D eigenvalue weighted by Crippen LogP contribution is 2.21. The maximum absolute atomic E-state index is 13.5. The molecule has 1 heterocycles. The smallest absolute Gasteiger partial charge is 0.251 e. The molecule has 0 saturated carbocycles. The molecule has 2 amide bonds. The lowest BCUT2D eigenvalue weighted by atomic mass is 10.2. The van der Waals surface area contributed by atoms with Gasteiger partial charge in [-0.15, -0.1) is 0 Å². The first-order valence-electron chi connectivity index (χ1n) is 8.48. The minimum absolute atomic E-state index is 0.0264. The Labute approximate surface area is 160 Å². The number of nitrogens with zero attached hydrogens (tertiary/aromatic N) is 2. The largest absolute Gasteiger partial charge is 0.352 e. The van der Waals surface area contributed by atoms with Gasteiger partial charge in [0.25, 0.3) is 5.91 Å². The Balaban J connectivity index is 1.57. The SMILES string of the molecule is CCn1c(Cl)nc2cc(C(=O)NCCC(=O)Nc3ccccc3F)ccc21. The lowest BCUT2D eigenvalue weighted by Gasteiger charge is -2.08. The van der Waals surface area contributed by atoms with Crippen LogP contribution in [0, 0.1) is 5.82 Å². The van der Waals surface area contributed by atoms with E-state index in [4.69, 9.17) is 11.6 Å². The molecule has 0 aliphatic rings. The Morgan fingerprint density at radius 2 is 2.00 bits per heavy atom. The number of aromatic nitrogens is 2. The number of rotatable bonds is 6. The number of aryl methyl sites for hydroxylation is 1. The molecule has 0 atom stereocenters. The fourth-order valence-electron chi connectivity index (χ4n) is 2.71. The van der Waals surface area contributed by atoms with Crippen molar-refractivity contribution in [2.75, 3.05) is 11.9 Å². The van der Waals surface area contributed by atoms with E-state index in [9.17, 15) is 14.0 Å². The van der Waals surface area contributed by atoms with Gasteiger partial charge < -0.3 is 15.2 Å². The van der Waals surface area contributed by atoms with Gasteiger partial charge in [0.05, 0.1) is 16.7 Å². The van der Waals surface area contributed by atoms with E-state index in [1.807, 2.05) is 11.5 Å². The first kappa shape index (κ1) is 18.8. The molecule has 0 radical (unpaired) electrons. The molecular weight excluding hydrogens is 371 g/mol. The molecule has 27 heavy (non-hydrogen) atoms. The van der Waals surface area contributed by atoms with E-state index in [0.29, 0.717) is 22.9 Å². The maximum atomic E-state index is 13.5. The summed E-state index contributed by atoms with van der Waals surface area (Å²) in [7, 11) is 0. The first-order chi connectivity index (χ1) is 13.0.